The molecule has 0 amide bonds. The smallest absolute Gasteiger partial charge is 0.235 e. The van der Waals surface area contributed by atoms with Crippen LogP contribution in [-0.4, -0.2) is 25.9 Å². The number of benzene rings is 1. The number of hydrogen-bond acceptors (Lipinski definition) is 5. The molecule has 1 aromatic rings. The molecule has 1 N–H and O–H groups in total. The number of nitrogens with zero attached hydrogens (tertiary/aromatic N) is 1. The van der Waals surface area contributed by atoms with Crippen molar-refractivity contribution in [3.8, 4) is 5.75 Å². The highest BCUT2D eigenvalue weighted by atomic mass is 32.2. The third-order valence-electron chi connectivity index (χ3n) is 1.81. The second-order valence-electron chi connectivity index (χ2n) is 2.93. The summed E-state index contributed by atoms with van der Waals surface area (Å²) in [7, 11) is -3.44. The predicted octanol–water partition coefficient (Wildman–Crippen LogP) is 0.632. The highest BCUT2D eigenvalue weighted by Crippen LogP contribution is 2.25. The molecule has 0 unspecified atom stereocenters. The van der Waals surface area contributed by atoms with Crippen molar-refractivity contribution in [2.45, 2.75) is 11.4 Å². The lowest BCUT2D eigenvalue weighted by molar-refractivity contribution is 0.465. The lowest BCUT2D eigenvalue weighted by Crippen LogP contribution is -2.02. The second-order valence-corrected chi connectivity index (χ2v) is 4.92. The minimum Gasteiger partial charge on any atom is -0.508 e. The maximum absolute atomic E-state index is 11.3. The monoisotopic (exact) mass is 227 g/mol. The van der Waals surface area contributed by atoms with Crippen LogP contribution in [0.15, 0.2) is 28.1 Å². The van der Waals surface area contributed by atoms with Gasteiger partial charge in [0.2, 0.25) is 6.08 Å². The summed E-state index contributed by atoms with van der Waals surface area (Å²) in [5.41, 5.74) is 0.114. The number of aromatic hydroxyl groups is 1. The van der Waals surface area contributed by atoms with Gasteiger partial charge < -0.3 is 5.11 Å². The van der Waals surface area contributed by atoms with Gasteiger partial charge in [-0.05, 0) is 12.1 Å². The van der Waals surface area contributed by atoms with Gasteiger partial charge in [0.1, 0.15) is 5.75 Å². The zero-order valence-electron chi connectivity index (χ0n) is 7.97. The SMILES string of the molecule is CS(=O)(=O)c1cccc(O)c1CN=C=O. The Kier molecular flexibility index (Phi) is 3.24. The van der Waals surface area contributed by atoms with Crippen LogP contribution in [0.1, 0.15) is 5.56 Å². The van der Waals surface area contributed by atoms with E-state index in [4.69, 9.17) is 0 Å². The van der Waals surface area contributed by atoms with E-state index >= 15 is 0 Å². The Morgan fingerprint density at radius 2 is 2.13 bits per heavy atom. The van der Waals surface area contributed by atoms with Crippen molar-refractivity contribution in [3.05, 3.63) is 23.8 Å². The first kappa shape index (κ1) is 11.4. The standard InChI is InChI=1S/C9H9NO4S/c1-15(13,14)9-4-2-3-8(12)7(9)5-10-6-11/h2-4,12H,5H2,1H3. The summed E-state index contributed by atoms with van der Waals surface area (Å²) in [6.07, 6.45) is 2.31. The van der Waals surface area contributed by atoms with Gasteiger partial charge in [0, 0.05) is 11.8 Å². The highest BCUT2D eigenvalue weighted by Gasteiger charge is 2.15. The number of rotatable bonds is 3. The molecular formula is C9H9NO4S. The molecule has 0 aliphatic carbocycles. The number of phenols is 1. The summed E-state index contributed by atoms with van der Waals surface area (Å²) in [6.45, 7) is -0.196. The van der Waals surface area contributed by atoms with E-state index in [1.54, 1.807) is 0 Å². The van der Waals surface area contributed by atoms with E-state index in [9.17, 15) is 18.3 Å². The molecule has 0 aliphatic heterocycles. The van der Waals surface area contributed by atoms with Crippen LogP contribution < -0.4 is 0 Å². The Morgan fingerprint density at radius 3 is 2.67 bits per heavy atom. The second kappa shape index (κ2) is 4.25. The number of isocyanates is 1. The van der Waals surface area contributed by atoms with Crippen molar-refractivity contribution in [3.63, 3.8) is 0 Å². The molecule has 0 radical (unpaired) electrons. The third-order valence-corrected chi connectivity index (χ3v) is 2.99. The Hall–Kier alpha value is -1.65. The van der Waals surface area contributed by atoms with E-state index in [1.165, 1.54) is 24.3 Å². The van der Waals surface area contributed by atoms with Crippen LogP contribution in [0.4, 0.5) is 0 Å². The van der Waals surface area contributed by atoms with Crippen LogP contribution in [0.2, 0.25) is 0 Å². The average Bonchev–Trinajstić information content (AvgIpc) is 2.14. The van der Waals surface area contributed by atoms with E-state index in [-0.39, 0.29) is 22.8 Å². The van der Waals surface area contributed by atoms with Gasteiger partial charge in [-0.15, -0.1) is 0 Å². The third kappa shape index (κ3) is 2.65. The van der Waals surface area contributed by atoms with Crippen LogP contribution in [0.5, 0.6) is 5.75 Å². The summed E-state index contributed by atoms with van der Waals surface area (Å²) in [6, 6.07) is 4.11. The topological polar surface area (TPSA) is 83.8 Å². The molecule has 80 valence electrons. The predicted molar refractivity (Wildman–Crippen MR) is 53.0 cm³/mol. The van der Waals surface area contributed by atoms with Crippen molar-refractivity contribution < 1.29 is 18.3 Å². The van der Waals surface area contributed by atoms with Crippen LogP contribution in [-0.2, 0) is 21.2 Å². The molecule has 0 aliphatic rings. The molecule has 15 heavy (non-hydrogen) atoms. The summed E-state index contributed by atoms with van der Waals surface area (Å²) in [4.78, 5) is 13.1. The number of sulfone groups is 1. The molecule has 0 heterocycles. The highest BCUT2D eigenvalue weighted by molar-refractivity contribution is 7.90. The molecule has 0 saturated carbocycles. The molecule has 0 spiro atoms. The van der Waals surface area contributed by atoms with Crippen LogP contribution >= 0.6 is 0 Å². The first-order chi connectivity index (χ1) is 6.96. The number of aliphatic imine (C=N–C) groups is 1. The Balaban J connectivity index is 3.39. The number of carbonyl (C=O) groups excluding carboxylic acids is 1. The lowest BCUT2D eigenvalue weighted by atomic mass is 10.2. The van der Waals surface area contributed by atoms with Gasteiger partial charge in [-0.25, -0.2) is 18.2 Å². The summed E-state index contributed by atoms with van der Waals surface area (Å²) in [5.74, 6) is -0.197. The van der Waals surface area contributed by atoms with Gasteiger partial charge in [0.05, 0.1) is 11.4 Å². The molecule has 0 fully saturated rings. The zero-order valence-corrected chi connectivity index (χ0v) is 8.78. The quantitative estimate of drug-likeness (QED) is 0.606. The Labute approximate surface area is 87.0 Å². The number of phenolic OH excluding ortho intramolecular Hbond substituents is 1. The zero-order chi connectivity index (χ0) is 11.5. The average molecular weight is 227 g/mol. The molecule has 6 heteroatoms. The van der Waals surface area contributed by atoms with Crippen LogP contribution in [0.3, 0.4) is 0 Å². The van der Waals surface area contributed by atoms with E-state index in [0.717, 1.165) is 6.26 Å². The van der Waals surface area contributed by atoms with Gasteiger partial charge in [-0.1, -0.05) is 6.07 Å². The van der Waals surface area contributed by atoms with Crippen molar-refractivity contribution in [1.29, 1.82) is 0 Å². The van der Waals surface area contributed by atoms with Crippen LogP contribution in [0.25, 0.3) is 0 Å². The van der Waals surface area contributed by atoms with Gasteiger partial charge in [0.15, 0.2) is 9.84 Å². The molecule has 1 aromatic carbocycles. The minimum absolute atomic E-state index is 0.0264. The minimum atomic E-state index is -3.44. The maximum Gasteiger partial charge on any atom is 0.235 e. The fourth-order valence-corrected chi connectivity index (χ4v) is 2.11. The Morgan fingerprint density at radius 1 is 1.47 bits per heavy atom. The molecule has 0 saturated heterocycles. The fourth-order valence-electron chi connectivity index (χ4n) is 1.17. The van der Waals surface area contributed by atoms with Crippen molar-refractivity contribution in [1.82, 2.24) is 0 Å². The largest absolute Gasteiger partial charge is 0.508 e. The first-order valence-corrected chi connectivity index (χ1v) is 5.90. The lowest BCUT2D eigenvalue weighted by Gasteiger charge is -2.06. The summed E-state index contributed by atoms with van der Waals surface area (Å²) >= 11 is 0. The first-order valence-electron chi connectivity index (χ1n) is 4.01. The molecule has 0 aromatic heterocycles. The van der Waals surface area contributed by atoms with Crippen molar-refractivity contribution in [2.75, 3.05) is 6.26 Å². The van der Waals surface area contributed by atoms with Crippen molar-refractivity contribution in [2.24, 2.45) is 4.99 Å². The van der Waals surface area contributed by atoms with E-state index in [1.807, 2.05) is 0 Å². The van der Waals surface area contributed by atoms with Crippen molar-refractivity contribution >= 4 is 15.9 Å². The van der Waals surface area contributed by atoms with Gasteiger partial charge in [-0.2, -0.15) is 0 Å². The molecule has 1 rings (SSSR count). The molecule has 0 atom stereocenters. The van der Waals surface area contributed by atoms with Gasteiger partial charge >= 0.3 is 0 Å². The maximum atomic E-state index is 11.3. The van der Waals surface area contributed by atoms with Crippen LogP contribution in [0, 0.1) is 0 Å². The molecule has 0 bridgehead atoms. The van der Waals surface area contributed by atoms with Gasteiger partial charge in [-0.3, -0.25) is 0 Å². The van der Waals surface area contributed by atoms with E-state index in [2.05, 4.69) is 4.99 Å². The van der Waals surface area contributed by atoms with E-state index < -0.39 is 9.84 Å². The molecule has 5 nitrogen and oxygen atoms in total. The summed E-state index contributed by atoms with van der Waals surface area (Å²) in [5, 5.41) is 9.43. The van der Waals surface area contributed by atoms with E-state index in [0.29, 0.717) is 0 Å². The normalized spacial score (nSPS) is 10.7. The Bertz CT molecular complexity index is 515. The van der Waals surface area contributed by atoms with Gasteiger partial charge in [0.25, 0.3) is 0 Å². The fraction of sp³-hybridized carbons (Fsp3) is 0.222. The summed E-state index contributed by atoms with van der Waals surface area (Å²) < 4.78 is 22.6. The number of hydrogen-bond donors (Lipinski definition) is 1. The molecular weight excluding hydrogens is 218 g/mol.